The Balaban J connectivity index is 2.06. The van der Waals surface area contributed by atoms with Crippen LogP contribution in [0.2, 0.25) is 0 Å². The van der Waals surface area contributed by atoms with Crippen molar-refractivity contribution in [3.8, 4) is 11.3 Å². The third kappa shape index (κ3) is 4.09. The van der Waals surface area contributed by atoms with Gasteiger partial charge < -0.3 is 0 Å². The third-order valence-corrected chi connectivity index (χ3v) is 5.80. The number of aryl methyl sites for hydroxylation is 2. The van der Waals surface area contributed by atoms with E-state index in [2.05, 4.69) is 14.9 Å². The number of anilines is 1. The molecule has 2 N–H and O–H groups in total. The monoisotopic (exact) mass is 383 g/mol. The Labute approximate surface area is 158 Å². The second-order valence-electron chi connectivity index (χ2n) is 6.10. The summed E-state index contributed by atoms with van der Waals surface area (Å²) in [6.07, 6.45) is 1.30. The van der Waals surface area contributed by atoms with E-state index in [-0.39, 0.29) is 10.5 Å². The quantitative estimate of drug-likeness (QED) is 0.683. The Morgan fingerprint density at radius 3 is 2.37 bits per heavy atom. The number of nitrogens with one attached hydrogen (secondary N) is 2. The predicted octanol–water partition coefficient (Wildman–Crippen LogP) is 3.36. The molecule has 0 atom stereocenters. The average molecular weight is 383 g/mol. The molecule has 1 heterocycles. The summed E-state index contributed by atoms with van der Waals surface area (Å²) in [4.78, 5) is 11.4. The van der Waals surface area contributed by atoms with Gasteiger partial charge in [0, 0.05) is 11.6 Å². The molecule has 0 amide bonds. The molecule has 2 aromatic carbocycles. The maximum Gasteiger partial charge on any atom is 0.264 e. The molecule has 140 valence electrons. The Morgan fingerprint density at radius 1 is 0.963 bits per heavy atom. The number of nitrogens with zero attached hydrogens (tertiary/aromatic N) is 1. The van der Waals surface area contributed by atoms with Crippen LogP contribution in [0.5, 0.6) is 0 Å². The van der Waals surface area contributed by atoms with Crippen molar-refractivity contribution >= 4 is 15.7 Å². The topological polar surface area (TPSA) is 91.9 Å². The molecule has 0 aliphatic rings. The van der Waals surface area contributed by atoms with Crippen LogP contribution in [0.25, 0.3) is 11.3 Å². The number of para-hydroxylation sites is 1. The summed E-state index contributed by atoms with van der Waals surface area (Å²) in [6, 6.07) is 15.5. The Kier molecular flexibility index (Phi) is 5.41. The first-order valence-corrected chi connectivity index (χ1v) is 10.2. The minimum absolute atomic E-state index is 0.210. The van der Waals surface area contributed by atoms with E-state index in [1.165, 1.54) is 6.07 Å². The van der Waals surface area contributed by atoms with Crippen molar-refractivity contribution in [3.05, 3.63) is 76.1 Å². The van der Waals surface area contributed by atoms with Gasteiger partial charge in [-0.25, -0.2) is 13.5 Å². The molecule has 6 nitrogen and oxygen atoms in total. The minimum Gasteiger partial charge on any atom is -0.279 e. The first kappa shape index (κ1) is 18.8. The molecule has 0 aliphatic heterocycles. The van der Waals surface area contributed by atoms with Gasteiger partial charge in [0.15, 0.2) is 0 Å². The molecule has 27 heavy (non-hydrogen) atoms. The fourth-order valence-electron chi connectivity index (χ4n) is 2.89. The lowest BCUT2D eigenvalue weighted by atomic mass is 10.1. The van der Waals surface area contributed by atoms with Gasteiger partial charge in [0.1, 0.15) is 0 Å². The number of aromatic nitrogens is 2. The van der Waals surface area contributed by atoms with Crippen LogP contribution in [0.15, 0.2) is 64.3 Å². The molecular weight excluding hydrogens is 362 g/mol. The molecule has 0 radical (unpaired) electrons. The van der Waals surface area contributed by atoms with Crippen LogP contribution in [0, 0.1) is 0 Å². The van der Waals surface area contributed by atoms with Gasteiger partial charge in [0.25, 0.3) is 15.6 Å². The van der Waals surface area contributed by atoms with E-state index in [4.69, 9.17) is 0 Å². The van der Waals surface area contributed by atoms with Crippen molar-refractivity contribution in [2.45, 2.75) is 31.6 Å². The van der Waals surface area contributed by atoms with E-state index in [0.717, 1.165) is 12.0 Å². The van der Waals surface area contributed by atoms with Crippen molar-refractivity contribution in [1.82, 2.24) is 10.2 Å². The first-order chi connectivity index (χ1) is 12.9. The normalized spacial score (nSPS) is 11.3. The number of sulfonamides is 1. The van der Waals surface area contributed by atoms with Crippen LogP contribution in [0.4, 0.5) is 5.69 Å². The second-order valence-corrected chi connectivity index (χ2v) is 7.75. The van der Waals surface area contributed by atoms with Gasteiger partial charge in [0.2, 0.25) is 0 Å². The lowest BCUT2D eigenvalue weighted by molar-refractivity contribution is 0.600. The summed E-state index contributed by atoms with van der Waals surface area (Å²) < 4.78 is 28.9. The molecule has 0 aliphatic carbocycles. The van der Waals surface area contributed by atoms with E-state index < -0.39 is 10.0 Å². The van der Waals surface area contributed by atoms with Crippen LogP contribution in [0.3, 0.4) is 0 Å². The number of hydrogen-bond donors (Lipinski definition) is 2. The van der Waals surface area contributed by atoms with E-state index >= 15 is 0 Å². The second kappa shape index (κ2) is 7.75. The van der Waals surface area contributed by atoms with E-state index in [1.54, 1.807) is 36.4 Å². The number of benzene rings is 2. The van der Waals surface area contributed by atoms with Crippen molar-refractivity contribution in [3.63, 3.8) is 0 Å². The van der Waals surface area contributed by atoms with Crippen molar-refractivity contribution in [2.24, 2.45) is 0 Å². The fraction of sp³-hybridized carbons (Fsp3) is 0.200. The molecule has 1 aromatic heterocycles. The van der Waals surface area contributed by atoms with Gasteiger partial charge in [-0.2, -0.15) is 5.10 Å². The molecule has 3 rings (SSSR count). The maximum absolute atomic E-state index is 13.1. The Morgan fingerprint density at radius 2 is 1.70 bits per heavy atom. The molecule has 0 fully saturated rings. The number of hydrogen-bond acceptors (Lipinski definition) is 4. The third-order valence-electron chi connectivity index (χ3n) is 4.36. The van der Waals surface area contributed by atoms with Crippen LogP contribution in [-0.2, 0) is 22.9 Å². The summed E-state index contributed by atoms with van der Waals surface area (Å²) in [6.45, 7) is 3.89. The van der Waals surface area contributed by atoms with Gasteiger partial charge in [-0.3, -0.25) is 9.52 Å². The fourth-order valence-corrected chi connectivity index (χ4v) is 4.33. The summed E-state index contributed by atoms with van der Waals surface area (Å²) in [5.41, 5.74) is 3.03. The van der Waals surface area contributed by atoms with Crippen LogP contribution in [-0.4, -0.2) is 18.6 Å². The lowest BCUT2D eigenvalue weighted by Gasteiger charge is -2.15. The lowest BCUT2D eigenvalue weighted by Crippen LogP contribution is -2.16. The maximum atomic E-state index is 13.1. The summed E-state index contributed by atoms with van der Waals surface area (Å²) >= 11 is 0. The summed E-state index contributed by atoms with van der Waals surface area (Å²) in [5, 5.41) is 6.36. The molecular formula is C20H21N3O3S. The summed E-state index contributed by atoms with van der Waals surface area (Å²) in [5.74, 6) is 0. The van der Waals surface area contributed by atoms with E-state index in [9.17, 15) is 13.2 Å². The largest absolute Gasteiger partial charge is 0.279 e. The highest BCUT2D eigenvalue weighted by Gasteiger charge is 2.20. The molecule has 0 unspecified atom stereocenters. The predicted molar refractivity (Wildman–Crippen MR) is 106 cm³/mol. The highest BCUT2D eigenvalue weighted by molar-refractivity contribution is 7.92. The highest BCUT2D eigenvalue weighted by Crippen LogP contribution is 2.27. The molecule has 0 spiro atoms. The zero-order chi connectivity index (χ0) is 19.4. The molecule has 3 aromatic rings. The molecule has 7 heteroatoms. The van der Waals surface area contributed by atoms with Crippen molar-refractivity contribution in [1.29, 1.82) is 0 Å². The van der Waals surface area contributed by atoms with Gasteiger partial charge in [-0.05, 0) is 42.2 Å². The van der Waals surface area contributed by atoms with Crippen LogP contribution < -0.4 is 10.3 Å². The average Bonchev–Trinajstić information content (AvgIpc) is 2.68. The van der Waals surface area contributed by atoms with Gasteiger partial charge in [-0.15, -0.1) is 0 Å². The Hall–Kier alpha value is -2.93. The zero-order valence-corrected chi connectivity index (χ0v) is 16.0. The molecule has 0 saturated carbocycles. The number of rotatable bonds is 6. The first-order valence-electron chi connectivity index (χ1n) is 8.74. The van der Waals surface area contributed by atoms with Crippen LogP contribution in [0.1, 0.15) is 25.0 Å². The Bertz CT molecular complexity index is 1100. The van der Waals surface area contributed by atoms with Gasteiger partial charge in [0.05, 0.1) is 16.3 Å². The standard InChI is InChI=1S/C20H21N3O3S/c1-3-14-7-5-6-8-18(14)23-27(25,26)19-13-16(10-9-15(19)4-2)17-11-12-20(24)22-21-17/h5-13,23H,3-4H2,1-2H3,(H,22,24). The van der Waals surface area contributed by atoms with Crippen LogP contribution >= 0.6 is 0 Å². The number of H-pyrrole nitrogens is 1. The van der Waals surface area contributed by atoms with Gasteiger partial charge in [-0.1, -0.05) is 44.2 Å². The van der Waals surface area contributed by atoms with Crippen molar-refractivity contribution in [2.75, 3.05) is 4.72 Å². The SMILES string of the molecule is CCc1ccccc1NS(=O)(=O)c1cc(-c2ccc(=O)[nH]n2)ccc1CC. The van der Waals surface area contributed by atoms with Gasteiger partial charge >= 0.3 is 0 Å². The minimum atomic E-state index is -3.78. The molecule has 0 bridgehead atoms. The zero-order valence-electron chi connectivity index (χ0n) is 15.2. The summed E-state index contributed by atoms with van der Waals surface area (Å²) in [7, 11) is -3.78. The number of aromatic amines is 1. The van der Waals surface area contributed by atoms with E-state index in [1.807, 2.05) is 26.0 Å². The smallest absolute Gasteiger partial charge is 0.264 e. The highest BCUT2D eigenvalue weighted by atomic mass is 32.2. The molecule has 0 saturated heterocycles. The van der Waals surface area contributed by atoms with E-state index in [0.29, 0.717) is 28.9 Å². The van der Waals surface area contributed by atoms with Crippen molar-refractivity contribution < 1.29 is 8.42 Å².